The largest absolute Gasteiger partial charge is 0.378 e. The molecule has 122 valence electrons. The quantitative estimate of drug-likeness (QED) is 0.866. The average molecular weight is 336 g/mol. The van der Waals surface area contributed by atoms with E-state index in [9.17, 15) is 9.59 Å². The normalized spacial score (nSPS) is 21.7. The Balaban J connectivity index is 1.99. The van der Waals surface area contributed by atoms with Crippen molar-refractivity contribution < 1.29 is 14.3 Å². The van der Waals surface area contributed by atoms with Crippen LogP contribution in [-0.4, -0.2) is 43.1 Å². The molecule has 1 aromatic rings. The average Bonchev–Trinajstić information content (AvgIpc) is 2.55. The van der Waals surface area contributed by atoms with Crippen molar-refractivity contribution in [1.82, 2.24) is 15.5 Å². The van der Waals surface area contributed by atoms with Gasteiger partial charge < -0.3 is 20.3 Å². The van der Waals surface area contributed by atoms with Crippen LogP contribution in [0.2, 0.25) is 5.02 Å². The highest BCUT2D eigenvalue weighted by molar-refractivity contribution is 6.31. The Morgan fingerprint density at radius 2 is 2.00 bits per heavy atom. The van der Waals surface area contributed by atoms with E-state index in [0.29, 0.717) is 48.2 Å². The number of halogens is 1. The number of carbonyl (C=O) groups is 2. The second kappa shape index (κ2) is 6.60. The van der Waals surface area contributed by atoms with Gasteiger partial charge in [0.15, 0.2) is 0 Å². The van der Waals surface area contributed by atoms with Crippen molar-refractivity contribution in [1.29, 1.82) is 0 Å². The standard InChI is InChI=1S/C16H18ClN3O3/c1-10-13(15(21)20-6-8-23-9-7-20)14(19-16(22)18-10)11-4-2-3-5-12(11)17/h2-5,14H,6-9H2,1H3,(H2,18,19,22)/t14-/m1/s1. The van der Waals surface area contributed by atoms with Crippen LogP contribution in [0.4, 0.5) is 4.79 Å². The second-order valence-electron chi connectivity index (χ2n) is 5.50. The van der Waals surface area contributed by atoms with Gasteiger partial charge in [0.1, 0.15) is 0 Å². The fourth-order valence-electron chi connectivity index (χ4n) is 2.86. The van der Waals surface area contributed by atoms with E-state index in [1.54, 1.807) is 17.9 Å². The molecule has 7 heteroatoms. The minimum atomic E-state index is -0.562. The van der Waals surface area contributed by atoms with Crippen LogP contribution in [0.15, 0.2) is 35.5 Å². The lowest BCUT2D eigenvalue weighted by atomic mass is 9.94. The molecule has 0 saturated carbocycles. The van der Waals surface area contributed by atoms with Crippen LogP contribution >= 0.6 is 11.6 Å². The lowest BCUT2D eigenvalue weighted by molar-refractivity contribution is -0.131. The molecule has 0 radical (unpaired) electrons. The van der Waals surface area contributed by atoms with Crippen molar-refractivity contribution in [2.75, 3.05) is 26.3 Å². The summed E-state index contributed by atoms with van der Waals surface area (Å²) in [7, 11) is 0. The van der Waals surface area contributed by atoms with E-state index < -0.39 is 6.04 Å². The van der Waals surface area contributed by atoms with Gasteiger partial charge in [-0.15, -0.1) is 0 Å². The number of benzene rings is 1. The SMILES string of the molecule is CC1=C(C(=O)N2CCOCC2)[C@@H](c2ccccc2Cl)NC(=O)N1. The maximum absolute atomic E-state index is 12.9. The van der Waals surface area contributed by atoms with E-state index >= 15 is 0 Å². The fourth-order valence-corrected chi connectivity index (χ4v) is 3.10. The summed E-state index contributed by atoms with van der Waals surface area (Å²) in [4.78, 5) is 26.6. The maximum Gasteiger partial charge on any atom is 0.319 e. The maximum atomic E-state index is 12.9. The van der Waals surface area contributed by atoms with Gasteiger partial charge in [-0.3, -0.25) is 4.79 Å². The van der Waals surface area contributed by atoms with Crippen LogP contribution in [0.3, 0.4) is 0 Å². The van der Waals surface area contributed by atoms with Gasteiger partial charge in [-0.05, 0) is 18.6 Å². The molecule has 3 rings (SSSR count). The molecule has 1 atom stereocenters. The van der Waals surface area contributed by atoms with E-state index in [1.165, 1.54) is 0 Å². The molecule has 2 heterocycles. The van der Waals surface area contributed by atoms with E-state index in [-0.39, 0.29) is 11.9 Å². The number of carbonyl (C=O) groups excluding carboxylic acids is 2. The van der Waals surface area contributed by atoms with Crippen LogP contribution in [-0.2, 0) is 9.53 Å². The number of hydrogen-bond acceptors (Lipinski definition) is 3. The Bertz CT molecular complexity index is 668. The molecular formula is C16H18ClN3O3. The molecule has 2 aliphatic rings. The Labute approximate surface area is 139 Å². The Morgan fingerprint density at radius 3 is 2.70 bits per heavy atom. The number of urea groups is 1. The highest BCUT2D eigenvalue weighted by Crippen LogP contribution is 2.32. The number of rotatable bonds is 2. The first kappa shape index (κ1) is 15.8. The molecule has 3 amide bonds. The summed E-state index contributed by atoms with van der Waals surface area (Å²) in [5.41, 5.74) is 1.77. The molecule has 6 nitrogen and oxygen atoms in total. The third-order valence-electron chi connectivity index (χ3n) is 4.01. The van der Waals surface area contributed by atoms with Crippen LogP contribution < -0.4 is 10.6 Å². The van der Waals surface area contributed by atoms with E-state index in [0.717, 1.165) is 0 Å². The molecule has 1 fully saturated rings. The van der Waals surface area contributed by atoms with Crippen molar-refractivity contribution >= 4 is 23.5 Å². The summed E-state index contributed by atoms with van der Waals surface area (Å²) in [5, 5.41) is 5.99. The number of nitrogens with zero attached hydrogens (tertiary/aromatic N) is 1. The molecule has 0 aromatic heterocycles. The van der Waals surface area contributed by atoms with Crippen molar-refractivity contribution in [2.24, 2.45) is 0 Å². The van der Waals surface area contributed by atoms with Crippen molar-refractivity contribution in [3.8, 4) is 0 Å². The fraction of sp³-hybridized carbons (Fsp3) is 0.375. The minimum absolute atomic E-state index is 0.108. The van der Waals surface area contributed by atoms with Crippen LogP contribution in [0.25, 0.3) is 0 Å². The molecule has 0 spiro atoms. The van der Waals surface area contributed by atoms with E-state index in [4.69, 9.17) is 16.3 Å². The first-order valence-corrected chi connectivity index (χ1v) is 7.85. The highest BCUT2D eigenvalue weighted by Gasteiger charge is 2.34. The topological polar surface area (TPSA) is 70.7 Å². The number of amides is 3. The van der Waals surface area contributed by atoms with Crippen LogP contribution in [0.5, 0.6) is 0 Å². The first-order valence-electron chi connectivity index (χ1n) is 7.47. The zero-order valence-electron chi connectivity index (χ0n) is 12.8. The van der Waals surface area contributed by atoms with Crippen molar-refractivity contribution in [2.45, 2.75) is 13.0 Å². The molecule has 2 aliphatic heterocycles. The molecule has 2 N–H and O–H groups in total. The smallest absolute Gasteiger partial charge is 0.319 e. The van der Waals surface area contributed by atoms with Crippen LogP contribution in [0.1, 0.15) is 18.5 Å². The number of hydrogen-bond donors (Lipinski definition) is 2. The molecule has 0 bridgehead atoms. The lowest BCUT2D eigenvalue weighted by Crippen LogP contribution is -2.49. The Morgan fingerprint density at radius 1 is 1.30 bits per heavy atom. The predicted octanol–water partition coefficient (Wildman–Crippen LogP) is 1.83. The van der Waals surface area contributed by atoms with E-state index in [2.05, 4.69) is 10.6 Å². The summed E-state index contributed by atoms with van der Waals surface area (Å²) in [6, 6.07) is 6.31. The van der Waals surface area contributed by atoms with Gasteiger partial charge in [-0.25, -0.2) is 4.79 Å². The lowest BCUT2D eigenvalue weighted by Gasteiger charge is -2.34. The van der Waals surface area contributed by atoms with Gasteiger partial charge in [0, 0.05) is 23.8 Å². The predicted molar refractivity (Wildman–Crippen MR) is 86.0 cm³/mol. The van der Waals surface area contributed by atoms with Gasteiger partial charge in [0.25, 0.3) is 5.91 Å². The summed E-state index contributed by atoms with van der Waals surface area (Å²) in [5.74, 6) is -0.108. The molecule has 1 aromatic carbocycles. The van der Waals surface area contributed by atoms with Gasteiger partial charge in [0.05, 0.1) is 24.8 Å². The highest BCUT2D eigenvalue weighted by atomic mass is 35.5. The van der Waals surface area contributed by atoms with Gasteiger partial charge in [-0.1, -0.05) is 29.8 Å². The van der Waals surface area contributed by atoms with Gasteiger partial charge in [-0.2, -0.15) is 0 Å². The number of nitrogens with one attached hydrogen (secondary N) is 2. The zero-order valence-corrected chi connectivity index (χ0v) is 13.5. The van der Waals surface area contributed by atoms with Crippen molar-refractivity contribution in [3.63, 3.8) is 0 Å². The second-order valence-corrected chi connectivity index (χ2v) is 5.90. The minimum Gasteiger partial charge on any atom is -0.378 e. The van der Waals surface area contributed by atoms with E-state index in [1.807, 2.05) is 18.2 Å². The molecule has 1 saturated heterocycles. The summed E-state index contributed by atoms with van der Waals surface area (Å²) in [6.45, 7) is 3.86. The number of ether oxygens (including phenoxy) is 1. The number of morpholine rings is 1. The summed E-state index contributed by atoms with van der Waals surface area (Å²) >= 11 is 6.27. The molecular weight excluding hydrogens is 318 g/mol. The summed E-state index contributed by atoms with van der Waals surface area (Å²) in [6.07, 6.45) is 0. The molecule has 23 heavy (non-hydrogen) atoms. The third kappa shape index (κ3) is 3.18. The van der Waals surface area contributed by atoms with Crippen LogP contribution in [0, 0.1) is 0 Å². The molecule has 0 unspecified atom stereocenters. The first-order chi connectivity index (χ1) is 11.1. The van der Waals surface area contributed by atoms with Crippen molar-refractivity contribution in [3.05, 3.63) is 46.1 Å². The molecule has 0 aliphatic carbocycles. The van der Waals surface area contributed by atoms with Gasteiger partial charge in [0.2, 0.25) is 0 Å². The Hall–Kier alpha value is -2.05. The monoisotopic (exact) mass is 335 g/mol. The Kier molecular flexibility index (Phi) is 4.54. The summed E-state index contributed by atoms with van der Waals surface area (Å²) < 4.78 is 5.30. The number of allylic oxidation sites excluding steroid dienone is 1. The zero-order chi connectivity index (χ0) is 16.4. The third-order valence-corrected chi connectivity index (χ3v) is 4.36. The van der Waals surface area contributed by atoms with Gasteiger partial charge >= 0.3 is 6.03 Å².